The summed E-state index contributed by atoms with van der Waals surface area (Å²) in [5.74, 6) is 0. The third-order valence-electron chi connectivity index (χ3n) is 3.65. The van der Waals surface area contributed by atoms with Crippen LogP contribution in [0.2, 0.25) is 0 Å². The number of primary amides is 1. The molecule has 0 radical (unpaired) electrons. The number of imide groups is 1. The smallest absolute Gasteiger partial charge is 0.362 e. The molecule has 1 heterocycles. The van der Waals surface area contributed by atoms with Crippen molar-refractivity contribution in [3.05, 3.63) is 12.4 Å². The average Bonchev–Trinajstić information content (AvgIpc) is 3.01. The van der Waals surface area contributed by atoms with Crippen LogP contribution in [0.5, 0.6) is 0 Å². The van der Waals surface area contributed by atoms with Crippen molar-refractivity contribution in [1.29, 1.82) is 0 Å². The lowest BCUT2D eigenvalue weighted by Gasteiger charge is -2.23. The first kappa shape index (κ1) is 30.6. The Balaban J connectivity index is 0.000000716. The number of nitrogens with one attached hydrogen (secondary N) is 1. The predicted octanol–water partition coefficient (Wildman–Crippen LogP) is 2.02. The van der Waals surface area contributed by atoms with Crippen molar-refractivity contribution >= 4 is 32.1 Å². The van der Waals surface area contributed by atoms with Crippen LogP contribution in [-0.4, -0.2) is 73.7 Å². The summed E-state index contributed by atoms with van der Waals surface area (Å²) in [5.41, 5.74) is -8.98. The van der Waals surface area contributed by atoms with E-state index in [1.807, 2.05) is 0 Å². The van der Waals surface area contributed by atoms with E-state index in [4.69, 9.17) is 0 Å². The van der Waals surface area contributed by atoms with E-state index in [-0.39, 0.29) is 0 Å². The second kappa shape index (κ2) is 11.6. The number of carbonyl (C=O) groups excluding carboxylic acids is 2. The van der Waals surface area contributed by atoms with Crippen LogP contribution in [-0.2, 0) is 20.0 Å². The minimum absolute atomic E-state index is 0.467. The van der Waals surface area contributed by atoms with E-state index < -0.39 is 46.8 Å². The number of amides is 4. The monoisotopic (exact) mass is 535 g/mol. The first-order chi connectivity index (χ1) is 14.8. The number of urea groups is 2. The van der Waals surface area contributed by atoms with Crippen LogP contribution < -0.4 is 11.1 Å². The first-order valence-corrected chi connectivity index (χ1v) is 11.8. The maximum atomic E-state index is 12.1. The molecule has 33 heavy (non-hydrogen) atoms. The Labute approximate surface area is 186 Å². The van der Waals surface area contributed by atoms with Crippen LogP contribution in [0.15, 0.2) is 12.4 Å². The predicted molar refractivity (Wildman–Crippen MR) is 103 cm³/mol. The van der Waals surface area contributed by atoms with Crippen LogP contribution in [0.4, 0.5) is 35.9 Å². The molecule has 1 aliphatic rings. The topological polar surface area (TPSA) is 150 Å². The molecule has 1 rings (SSSR count). The molecule has 11 nitrogen and oxygen atoms in total. The molecule has 0 aliphatic carbocycles. The van der Waals surface area contributed by atoms with Gasteiger partial charge >= 0.3 is 43.1 Å². The number of hydrogen-bond acceptors (Lipinski definition) is 8. The minimum atomic E-state index is -7.32. The highest BCUT2D eigenvalue weighted by Gasteiger charge is 2.63. The highest BCUT2D eigenvalue weighted by atomic mass is 32.3. The normalized spacial score (nSPS) is 14.5. The summed E-state index contributed by atoms with van der Waals surface area (Å²) < 4.78 is 113. The van der Waals surface area contributed by atoms with Crippen molar-refractivity contribution in [2.24, 2.45) is 5.73 Å². The molecule has 0 unspecified atom stereocenters. The van der Waals surface area contributed by atoms with Crippen molar-refractivity contribution in [2.75, 3.05) is 20.3 Å². The SMILES string of the molecule is CCCCCCN1C=CN(C)C1.NC(=O)NC(=O)N(S(=O)(=O)C(F)(F)F)S(=O)(=O)C(F)(F)F. The van der Waals surface area contributed by atoms with Crippen LogP contribution in [0.25, 0.3) is 0 Å². The van der Waals surface area contributed by atoms with Gasteiger partial charge in [0.2, 0.25) is 0 Å². The van der Waals surface area contributed by atoms with Crippen LogP contribution in [0, 0.1) is 0 Å². The molecule has 19 heteroatoms. The molecule has 3 N–H and O–H groups in total. The Hall–Kier alpha value is -2.44. The molecular formula is C14H23F6N5O6S2. The highest BCUT2D eigenvalue weighted by molar-refractivity contribution is 8.05. The fraction of sp³-hybridized carbons (Fsp3) is 0.714. The summed E-state index contributed by atoms with van der Waals surface area (Å²) in [7, 11) is -12.5. The molecule has 4 amide bonds. The van der Waals surface area contributed by atoms with Gasteiger partial charge in [0.25, 0.3) is 0 Å². The van der Waals surface area contributed by atoms with Gasteiger partial charge in [-0.2, -0.15) is 43.2 Å². The number of hydrogen-bond donors (Lipinski definition) is 2. The van der Waals surface area contributed by atoms with Gasteiger partial charge in [-0.25, -0.2) is 9.59 Å². The van der Waals surface area contributed by atoms with Gasteiger partial charge in [-0.05, 0) is 6.42 Å². The second-order valence-corrected chi connectivity index (χ2v) is 10.3. The fourth-order valence-electron chi connectivity index (χ4n) is 2.16. The number of unbranched alkanes of at least 4 members (excludes halogenated alkanes) is 3. The summed E-state index contributed by atoms with van der Waals surface area (Å²) in [6.45, 7) is 4.55. The number of sulfonamides is 2. The zero-order chi connectivity index (χ0) is 26.3. The molecule has 0 bridgehead atoms. The maximum Gasteiger partial charge on any atom is 0.517 e. The molecule has 0 aromatic carbocycles. The molecule has 194 valence electrons. The van der Waals surface area contributed by atoms with E-state index in [9.17, 15) is 52.8 Å². The highest BCUT2D eigenvalue weighted by Crippen LogP contribution is 2.35. The van der Waals surface area contributed by atoms with Crippen molar-refractivity contribution in [1.82, 2.24) is 18.8 Å². The number of rotatable bonds is 7. The quantitative estimate of drug-likeness (QED) is 0.371. The zero-order valence-corrected chi connectivity index (χ0v) is 19.0. The Bertz CT molecular complexity index is 876. The zero-order valence-electron chi connectivity index (χ0n) is 17.4. The Morgan fingerprint density at radius 3 is 1.79 bits per heavy atom. The standard InChI is InChI=1S/C10H20N2.C4H3F6N3O6S2/c1-3-4-5-6-7-12-9-8-11(2)10-12;5-3(6,7)20(16,17)13(2(15)12-1(11)14)21(18,19)4(8,9)10/h8-9H,3-7,10H2,1-2H3;(H3,11,12,14,15). The van der Waals surface area contributed by atoms with Gasteiger partial charge in [-0.1, -0.05) is 29.9 Å². The molecule has 0 spiro atoms. The van der Waals surface area contributed by atoms with Gasteiger partial charge in [0.1, 0.15) is 0 Å². The summed E-state index contributed by atoms with van der Waals surface area (Å²) in [6.07, 6.45) is 9.76. The van der Waals surface area contributed by atoms with Crippen molar-refractivity contribution in [2.45, 2.75) is 43.6 Å². The van der Waals surface area contributed by atoms with E-state index >= 15 is 0 Å². The minimum Gasteiger partial charge on any atom is -0.362 e. The van der Waals surface area contributed by atoms with Gasteiger partial charge in [-0.3, -0.25) is 5.32 Å². The molecule has 1 aliphatic heterocycles. The number of alkyl halides is 6. The largest absolute Gasteiger partial charge is 0.517 e. The number of halogens is 6. The van der Waals surface area contributed by atoms with E-state index in [0.717, 1.165) is 6.67 Å². The van der Waals surface area contributed by atoms with E-state index in [2.05, 4.69) is 41.9 Å². The van der Waals surface area contributed by atoms with Gasteiger partial charge < -0.3 is 15.5 Å². The van der Waals surface area contributed by atoms with E-state index in [1.54, 1.807) is 0 Å². The second-order valence-electron chi connectivity index (χ2n) is 6.46. The van der Waals surface area contributed by atoms with Crippen molar-refractivity contribution < 1.29 is 52.8 Å². The van der Waals surface area contributed by atoms with Gasteiger partial charge in [0, 0.05) is 26.0 Å². The average molecular weight is 535 g/mol. The van der Waals surface area contributed by atoms with Gasteiger partial charge in [-0.15, -0.1) is 0 Å². The summed E-state index contributed by atoms with van der Waals surface area (Å²) in [6, 6.07) is -5.17. The molecule has 0 atom stereocenters. The van der Waals surface area contributed by atoms with Gasteiger partial charge in [0.15, 0.2) is 0 Å². The summed E-state index contributed by atoms with van der Waals surface area (Å²) in [5, 5.41) is 0.467. The Morgan fingerprint density at radius 1 is 0.970 bits per heavy atom. The Morgan fingerprint density at radius 2 is 1.45 bits per heavy atom. The maximum absolute atomic E-state index is 12.1. The third-order valence-corrected chi connectivity index (χ3v) is 7.21. The number of nitrogens with zero attached hydrogens (tertiary/aromatic N) is 3. The number of carbonyl (C=O) groups is 2. The van der Waals surface area contributed by atoms with Crippen LogP contribution >= 0.6 is 0 Å². The van der Waals surface area contributed by atoms with Crippen LogP contribution in [0.3, 0.4) is 0 Å². The lowest BCUT2D eigenvalue weighted by Crippen LogP contribution is -2.56. The van der Waals surface area contributed by atoms with E-state index in [1.165, 1.54) is 32.2 Å². The molecular weight excluding hydrogens is 512 g/mol. The summed E-state index contributed by atoms with van der Waals surface area (Å²) >= 11 is 0. The fourth-order valence-corrected chi connectivity index (χ4v) is 4.61. The lowest BCUT2D eigenvalue weighted by atomic mass is 10.2. The van der Waals surface area contributed by atoms with Crippen molar-refractivity contribution in [3.63, 3.8) is 0 Å². The molecule has 0 fully saturated rings. The number of nitrogens with two attached hydrogens (primary N) is 1. The summed E-state index contributed by atoms with van der Waals surface area (Å²) in [4.78, 5) is 25.7. The first-order valence-electron chi connectivity index (χ1n) is 8.95. The Kier molecular flexibility index (Phi) is 10.8. The molecule has 0 aromatic heterocycles. The third kappa shape index (κ3) is 8.78. The molecule has 0 saturated heterocycles. The van der Waals surface area contributed by atoms with Gasteiger partial charge in [0.05, 0.1) is 6.67 Å². The van der Waals surface area contributed by atoms with Crippen molar-refractivity contribution in [3.8, 4) is 0 Å². The van der Waals surface area contributed by atoms with E-state index in [0.29, 0.717) is 5.32 Å². The molecule has 0 aromatic rings. The van der Waals surface area contributed by atoms with Crippen LogP contribution in [0.1, 0.15) is 32.6 Å². The molecule has 0 saturated carbocycles. The lowest BCUT2D eigenvalue weighted by molar-refractivity contribution is -0.0518.